The zero-order valence-corrected chi connectivity index (χ0v) is 39.2. The van der Waals surface area contributed by atoms with Crippen LogP contribution in [0.15, 0.2) is 65.5 Å². The van der Waals surface area contributed by atoms with Gasteiger partial charge in [0.25, 0.3) is 17.4 Å². The van der Waals surface area contributed by atoms with Gasteiger partial charge in [0.1, 0.15) is 41.8 Å². The van der Waals surface area contributed by atoms with Crippen LogP contribution in [0.25, 0.3) is 10.9 Å². The first-order valence-electron chi connectivity index (χ1n) is 22.5. The van der Waals surface area contributed by atoms with Crippen molar-refractivity contribution in [3.8, 4) is 17.6 Å². The molecule has 1 unspecified atom stereocenters. The Balaban J connectivity index is 0.716. The normalized spacial score (nSPS) is 18.4. The Labute approximate surface area is 394 Å². The molecule has 19 heteroatoms. The number of unbranched alkanes of at least 4 members (excludes halogenated alkanes) is 1. The average molecular weight is 946 g/mol. The zero-order valence-electron chi connectivity index (χ0n) is 38.5. The average Bonchev–Trinajstić information content (AvgIpc) is 3.31. The molecule has 6 rings (SSSR count). The Bertz CT molecular complexity index is 2390. The first-order chi connectivity index (χ1) is 32.3. The van der Waals surface area contributed by atoms with Gasteiger partial charge < -0.3 is 43.8 Å². The lowest BCUT2D eigenvalue weighted by Crippen LogP contribution is -2.74. The summed E-state index contributed by atoms with van der Waals surface area (Å²) in [5, 5.41) is 26.6. The van der Waals surface area contributed by atoms with Crippen LogP contribution >= 0.6 is 11.6 Å². The highest BCUT2D eigenvalue weighted by Crippen LogP contribution is 2.55. The number of anilines is 1. The minimum Gasteiger partial charge on any atom is -0.491 e. The van der Waals surface area contributed by atoms with Gasteiger partial charge in [-0.25, -0.2) is 0 Å². The van der Waals surface area contributed by atoms with Gasteiger partial charge in [-0.2, -0.15) is 9.94 Å². The van der Waals surface area contributed by atoms with Crippen molar-refractivity contribution in [1.29, 1.82) is 5.26 Å². The maximum Gasteiger partial charge on any atom is 0.278 e. The highest BCUT2D eigenvalue weighted by Gasteiger charge is 2.64. The number of benzene rings is 3. The van der Waals surface area contributed by atoms with E-state index < -0.39 is 17.5 Å². The van der Waals surface area contributed by atoms with Crippen LogP contribution in [0.3, 0.4) is 0 Å². The molecular formula is C48H60ClN7O11. The third kappa shape index (κ3) is 13.7. The van der Waals surface area contributed by atoms with Gasteiger partial charge in [-0.1, -0.05) is 44.5 Å². The van der Waals surface area contributed by atoms with Gasteiger partial charge in [-0.15, -0.1) is 5.10 Å². The van der Waals surface area contributed by atoms with Crippen molar-refractivity contribution in [3.63, 3.8) is 0 Å². The number of nitrogens with one attached hydrogen (secondary N) is 3. The molecule has 2 heterocycles. The van der Waals surface area contributed by atoms with Crippen molar-refractivity contribution in [2.45, 2.75) is 71.6 Å². The smallest absolute Gasteiger partial charge is 0.278 e. The van der Waals surface area contributed by atoms with E-state index in [1.165, 1.54) is 0 Å². The monoisotopic (exact) mass is 945 g/mol. The Morgan fingerprint density at radius 3 is 2.03 bits per heavy atom. The summed E-state index contributed by atoms with van der Waals surface area (Å²) in [5.41, 5.74) is 0.922. The fraction of sp³-hybridized carbons (Fsp3) is 0.521. The number of aromatic nitrogens is 3. The second-order valence-corrected chi connectivity index (χ2v) is 17.8. The summed E-state index contributed by atoms with van der Waals surface area (Å²) >= 11 is 6.22. The molecule has 3 amide bonds. The number of amides is 3. The molecule has 1 aromatic heterocycles. The van der Waals surface area contributed by atoms with E-state index in [9.17, 15) is 24.4 Å². The number of imide groups is 1. The number of ether oxygens (including phenoxy) is 7. The first-order valence-corrected chi connectivity index (χ1v) is 22.9. The van der Waals surface area contributed by atoms with Crippen molar-refractivity contribution in [2.24, 2.45) is 10.8 Å². The largest absolute Gasteiger partial charge is 0.491 e. The fourth-order valence-electron chi connectivity index (χ4n) is 8.56. The molecule has 18 nitrogen and oxygen atoms in total. The molecule has 1 saturated carbocycles. The Morgan fingerprint density at radius 2 is 1.42 bits per heavy atom. The maximum atomic E-state index is 13.2. The molecule has 1 atom stereocenters. The number of nitrogens with zero attached hydrogens (tertiary/aromatic N) is 4. The van der Waals surface area contributed by atoms with E-state index in [0.717, 1.165) is 23.2 Å². The molecule has 2 fully saturated rings. The number of carbonyl (C=O) groups excluding carboxylic acids is 3. The number of halogens is 1. The van der Waals surface area contributed by atoms with E-state index >= 15 is 0 Å². The van der Waals surface area contributed by atoms with Crippen LogP contribution in [-0.2, 0) is 33.3 Å². The molecule has 0 radical (unpaired) electrons. The molecule has 3 aromatic carbocycles. The lowest BCUT2D eigenvalue weighted by atomic mass is 9.49. The Kier molecular flexibility index (Phi) is 18.5. The van der Waals surface area contributed by atoms with Crippen LogP contribution in [0.2, 0.25) is 5.02 Å². The minimum absolute atomic E-state index is 0.138. The number of piperidine rings is 1. The van der Waals surface area contributed by atoms with Crippen molar-refractivity contribution in [3.05, 3.63) is 87.2 Å². The summed E-state index contributed by atoms with van der Waals surface area (Å²) in [5.74, 6) is 0.121. The predicted octanol–water partition coefficient (Wildman–Crippen LogP) is 5.26. The summed E-state index contributed by atoms with van der Waals surface area (Å²) in [6.45, 7) is 13.8. The van der Waals surface area contributed by atoms with Crippen LogP contribution in [0.5, 0.6) is 11.5 Å². The number of rotatable bonds is 27. The van der Waals surface area contributed by atoms with E-state index in [4.69, 9.17) is 44.8 Å². The number of carbonyl (C=O) groups is 3. The summed E-state index contributed by atoms with van der Waals surface area (Å²) < 4.78 is 41.1. The van der Waals surface area contributed by atoms with Crippen molar-refractivity contribution in [2.75, 3.05) is 84.5 Å². The number of hydrogen-bond donors (Lipinski definition) is 3. The lowest BCUT2D eigenvalue weighted by Gasteiger charge is -2.63. The fourth-order valence-corrected chi connectivity index (χ4v) is 8.77. The molecule has 3 N–H and O–H groups in total. The van der Waals surface area contributed by atoms with E-state index in [2.05, 4.69) is 60.0 Å². The second kappa shape index (κ2) is 24.4. The molecular weight excluding hydrogens is 886 g/mol. The second-order valence-electron chi connectivity index (χ2n) is 17.4. The number of nitriles is 1. The molecule has 2 aliphatic rings. The lowest BCUT2D eigenvalue weighted by molar-refractivity contribution is -0.164. The quantitative estimate of drug-likeness (QED) is 0.0512. The molecule has 4 aromatic rings. The Hall–Kier alpha value is -5.68. The van der Waals surface area contributed by atoms with Crippen LogP contribution in [0.1, 0.15) is 75.3 Å². The van der Waals surface area contributed by atoms with Gasteiger partial charge in [-0.3, -0.25) is 24.5 Å². The zero-order chi connectivity index (χ0) is 47.8. The van der Waals surface area contributed by atoms with E-state index in [1.807, 2.05) is 6.07 Å². The molecule has 1 aliphatic carbocycles. The third-order valence-electron chi connectivity index (χ3n) is 11.8. The molecule has 0 spiro atoms. The number of fused-ring (bicyclic) bond motifs is 1. The van der Waals surface area contributed by atoms with Gasteiger partial charge in [-0.05, 0) is 73.9 Å². The summed E-state index contributed by atoms with van der Waals surface area (Å²) in [4.78, 5) is 50.1. The minimum atomic E-state index is -0.867. The summed E-state index contributed by atoms with van der Waals surface area (Å²) in [7, 11) is 0. The standard InChI is InChI=1S/C48H60ClN7O11/c1-47(2)45(48(3,4)46(47)67-36-13-9-33(31-50)38(49)30-36)53-42(58)32-7-11-35(12-8-32)66-28-27-65-26-25-64-24-23-63-22-21-62-20-19-61-18-6-5-17-51-34-10-14-39-37(29-34)44(60)56(55-54-39)40-15-16-41(57)52-43(40)59/h7-14,29-30,40,45-46,51H,5-6,15-28H2,1-4H3,(H,53,58)(H,52,57,59). The van der Waals surface area contributed by atoms with Crippen molar-refractivity contribution in [1.82, 2.24) is 25.6 Å². The van der Waals surface area contributed by atoms with Gasteiger partial charge in [0.15, 0.2) is 0 Å². The van der Waals surface area contributed by atoms with E-state index in [0.29, 0.717) is 118 Å². The van der Waals surface area contributed by atoms with Crippen LogP contribution in [-0.4, -0.2) is 124 Å². The van der Waals surface area contributed by atoms with Crippen LogP contribution in [0.4, 0.5) is 5.69 Å². The van der Waals surface area contributed by atoms with E-state index in [-0.39, 0.29) is 47.6 Å². The SMILES string of the molecule is CC1(C)C(NC(=O)c2ccc(OCCOCCOCCOCCOCCOCCCCNc3ccc4nnn(C5CCC(=O)NC5=O)c(=O)c4c3)cc2)C(C)(C)C1Oc1ccc(C#N)c(Cl)c1. The van der Waals surface area contributed by atoms with Gasteiger partial charge in [0, 0.05) is 53.8 Å². The molecule has 67 heavy (non-hydrogen) atoms. The van der Waals surface area contributed by atoms with Crippen LogP contribution < -0.4 is 31.0 Å². The maximum absolute atomic E-state index is 13.2. The first kappa shape index (κ1) is 50.7. The highest BCUT2D eigenvalue weighted by atomic mass is 35.5. The van der Waals surface area contributed by atoms with Crippen molar-refractivity contribution >= 4 is 45.9 Å². The predicted molar refractivity (Wildman–Crippen MR) is 248 cm³/mol. The molecule has 1 saturated heterocycles. The van der Waals surface area contributed by atoms with Gasteiger partial charge >= 0.3 is 0 Å². The molecule has 0 bridgehead atoms. The van der Waals surface area contributed by atoms with Crippen molar-refractivity contribution < 1.29 is 47.5 Å². The number of hydrogen-bond acceptors (Lipinski definition) is 15. The molecule has 1 aliphatic heterocycles. The highest BCUT2D eigenvalue weighted by molar-refractivity contribution is 6.31. The van der Waals surface area contributed by atoms with Gasteiger partial charge in [0.2, 0.25) is 5.91 Å². The third-order valence-corrected chi connectivity index (χ3v) is 12.1. The Morgan fingerprint density at radius 1 is 0.806 bits per heavy atom. The van der Waals surface area contributed by atoms with E-state index in [1.54, 1.807) is 54.6 Å². The van der Waals surface area contributed by atoms with Gasteiger partial charge in [0.05, 0.1) is 75.4 Å². The topological polar surface area (TPSA) is 223 Å². The van der Waals surface area contributed by atoms with Crippen LogP contribution in [0, 0.1) is 22.2 Å². The summed E-state index contributed by atoms with van der Waals surface area (Å²) in [6, 6.07) is 18.3. The summed E-state index contributed by atoms with van der Waals surface area (Å²) in [6.07, 6.45) is 1.83. The molecule has 360 valence electrons.